The molecule has 4 nitrogen and oxygen atoms in total. The zero-order valence-corrected chi connectivity index (χ0v) is 12.2. The van der Waals surface area contributed by atoms with Crippen LogP contribution in [0.15, 0.2) is 12.1 Å². The summed E-state index contributed by atoms with van der Waals surface area (Å²) in [6, 6.07) is 4.96. The first-order valence-corrected chi connectivity index (χ1v) is 6.81. The zero-order valence-electron chi connectivity index (χ0n) is 12.2. The molecule has 1 aromatic carbocycles. The fraction of sp³-hybridized carbons (Fsp3) is 0.600. The molecule has 2 rings (SSSR count). The highest BCUT2D eigenvalue weighted by Gasteiger charge is 2.24. The van der Waals surface area contributed by atoms with E-state index in [2.05, 4.69) is 36.6 Å². The fourth-order valence-electron chi connectivity index (χ4n) is 2.89. The van der Waals surface area contributed by atoms with E-state index in [0.717, 1.165) is 25.5 Å². The van der Waals surface area contributed by atoms with E-state index in [4.69, 9.17) is 9.47 Å². The molecular weight excluding hydrogens is 240 g/mol. The summed E-state index contributed by atoms with van der Waals surface area (Å²) in [4.78, 5) is 0. The van der Waals surface area contributed by atoms with Crippen LogP contribution in [0.2, 0.25) is 0 Å². The van der Waals surface area contributed by atoms with Crippen molar-refractivity contribution in [3.05, 3.63) is 28.8 Å². The highest BCUT2D eigenvalue weighted by atomic mass is 16.5. The summed E-state index contributed by atoms with van der Waals surface area (Å²) in [7, 11) is 3.72. The Balaban J connectivity index is 2.27. The number of nitrogens with one attached hydrogen (secondary N) is 2. The molecule has 0 saturated carbocycles. The Bertz CT molecular complexity index is 405. The molecule has 1 aliphatic heterocycles. The third-order valence-electron chi connectivity index (χ3n) is 3.71. The number of hydrogen-bond donors (Lipinski definition) is 2. The van der Waals surface area contributed by atoms with Crippen molar-refractivity contribution in [3.8, 4) is 5.75 Å². The molecule has 0 amide bonds. The monoisotopic (exact) mass is 264 g/mol. The topological polar surface area (TPSA) is 42.5 Å². The van der Waals surface area contributed by atoms with Gasteiger partial charge in [0.25, 0.3) is 0 Å². The Morgan fingerprint density at radius 3 is 2.53 bits per heavy atom. The van der Waals surface area contributed by atoms with Crippen molar-refractivity contribution in [2.45, 2.75) is 25.9 Å². The third-order valence-corrected chi connectivity index (χ3v) is 3.71. The van der Waals surface area contributed by atoms with Gasteiger partial charge >= 0.3 is 0 Å². The van der Waals surface area contributed by atoms with E-state index >= 15 is 0 Å². The minimum Gasteiger partial charge on any atom is -0.496 e. The molecule has 2 atom stereocenters. The van der Waals surface area contributed by atoms with Crippen molar-refractivity contribution in [1.29, 1.82) is 0 Å². The van der Waals surface area contributed by atoms with Gasteiger partial charge in [-0.1, -0.05) is 12.1 Å². The van der Waals surface area contributed by atoms with E-state index in [0.29, 0.717) is 6.04 Å². The maximum atomic E-state index is 5.56. The normalized spacial score (nSPS) is 21.2. The second kappa shape index (κ2) is 6.37. The Morgan fingerprint density at radius 1 is 1.37 bits per heavy atom. The number of ether oxygens (including phenoxy) is 2. The first-order chi connectivity index (χ1) is 9.17. The van der Waals surface area contributed by atoms with Crippen LogP contribution in [0.25, 0.3) is 0 Å². The van der Waals surface area contributed by atoms with Crippen molar-refractivity contribution < 1.29 is 9.47 Å². The van der Waals surface area contributed by atoms with Crippen LogP contribution in [-0.4, -0.2) is 40.0 Å². The highest BCUT2D eigenvalue weighted by molar-refractivity contribution is 5.44. The van der Waals surface area contributed by atoms with Gasteiger partial charge in [-0.15, -0.1) is 0 Å². The number of methoxy groups -OCH3 is 1. The zero-order chi connectivity index (χ0) is 13.8. The lowest BCUT2D eigenvalue weighted by Crippen LogP contribution is -2.48. The maximum absolute atomic E-state index is 5.56. The quantitative estimate of drug-likeness (QED) is 0.866. The minimum absolute atomic E-state index is 0.253. The molecule has 0 aromatic heterocycles. The van der Waals surface area contributed by atoms with Gasteiger partial charge in [-0.2, -0.15) is 0 Å². The predicted molar refractivity (Wildman–Crippen MR) is 76.9 cm³/mol. The number of benzene rings is 1. The summed E-state index contributed by atoms with van der Waals surface area (Å²) >= 11 is 0. The lowest BCUT2D eigenvalue weighted by atomic mass is 9.95. The number of morpholine rings is 1. The smallest absolute Gasteiger partial charge is 0.124 e. The van der Waals surface area contributed by atoms with E-state index in [1.54, 1.807) is 7.11 Å². The van der Waals surface area contributed by atoms with Crippen LogP contribution < -0.4 is 15.4 Å². The summed E-state index contributed by atoms with van der Waals surface area (Å²) in [6.45, 7) is 6.64. The van der Waals surface area contributed by atoms with Crippen molar-refractivity contribution in [2.24, 2.45) is 0 Å². The summed E-state index contributed by atoms with van der Waals surface area (Å²) in [5.41, 5.74) is 3.63. The first-order valence-electron chi connectivity index (χ1n) is 6.81. The molecule has 1 fully saturated rings. The van der Waals surface area contributed by atoms with Gasteiger partial charge in [-0.25, -0.2) is 0 Å². The molecule has 0 spiro atoms. The molecule has 1 heterocycles. The van der Waals surface area contributed by atoms with Crippen LogP contribution in [0.5, 0.6) is 5.75 Å². The molecule has 2 unspecified atom stereocenters. The second-order valence-electron chi connectivity index (χ2n) is 5.09. The summed E-state index contributed by atoms with van der Waals surface area (Å²) in [6.07, 6.45) is 0. The molecular formula is C15H24N2O2. The third kappa shape index (κ3) is 3.08. The molecule has 19 heavy (non-hydrogen) atoms. The van der Waals surface area contributed by atoms with E-state index in [1.807, 2.05) is 7.05 Å². The number of hydrogen-bond acceptors (Lipinski definition) is 4. The number of rotatable bonds is 4. The Kier molecular flexibility index (Phi) is 4.80. The van der Waals surface area contributed by atoms with Crippen LogP contribution in [0.1, 0.15) is 22.7 Å². The number of likely N-dealkylation sites (N-methyl/N-ethyl adjacent to an activating group) is 1. The molecule has 0 bridgehead atoms. The summed E-state index contributed by atoms with van der Waals surface area (Å²) in [5.74, 6) is 0.978. The van der Waals surface area contributed by atoms with Gasteiger partial charge in [0, 0.05) is 12.6 Å². The average molecular weight is 264 g/mol. The Labute approximate surface area is 115 Å². The van der Waals surface area contributed by atoms with E-state index in [-0.39, 0.29) is 6.04 Å². The van der Waals surface area contributed by atoms with E-state index in [1.165, 1.54) is 16.7 Å². The van der Waals surface area contributed by atoms with Gasteiger partial charge in [0.2, 0.25) is 0 Å². The lowest BCUT2D eigenvalue weighted by Gasteiger charge is -2.32. The van der Waals surface area contributed by atoms with Crippen LogP contribution in [0.3, 0.4) is 0 Å². The van der Waals surface area contributed by atoms with E-state index < -0.39 is 0 Å². The molecule has 2 N–H and O–H groups in total. The Morgan fingerprint density at radius 2 is 2.05 bits per heavy atom. The van der Waals surface area contributed by atoms with Crippen molar-refractivity contribution >= 4 is 0 Å². The van der Waals surface area contributed by atoms with Gasteiger partial charge in [-0.05, 0) is 37.6 Å². The van der Waals surface area contributed by atoms with Gasteiger partial charge < -0.3 is 20.1 Å². The van der Waals surface area contributed by atoms with Gasteiger partial charge in [-0.3, -0.25) is 0 Å². The van der Waals surface area contributed by atoms with Gasteiger partial charge in [0.15, 0.2) is 0 Å². The van der Waals surface area contributed by atoms with Crippen molar-refractivity contribution in [2.75, 3.05) is 33.9 Å². The molecule has 1 aromatic rings. The molecule has 0 radical (unpaired) electrons. The summed E-state index contributed by atoms with van der Waals surface area (Å²) < 4.78 is 11.0. The predicted octanol–water partition coefficient (Wildman–Crippen LogP) is 1.56. The SMILES string of the molecule is CNC(c1cc(C)c(OC)c(C)c1)C1COCCN1. The average Bonchev–Trinajstić information content (AvgIpc) is 2.40. The van der Waals surface area contributed by atoms with Crippen LogP contribution in [0.4, 0.5) is 0 Å². The van der Waals surface area contributed by atoms with Crippen LogP contribution in [-0.2, 0) is 4.74 Å². The minimum atomic E-state index is 0.253. The molecule has 1 saturated heterocycles. The Hall–Kier alpha value is -1.10. The molecule has 4 heteroatoms. The molecule has 106 valence electrons. The maximum Gasteiger partial charge on any atom is 0.124 e. The standard InChI is InChI=1S/C15H24N2O2/c1-10-7-12(8-11(2)15(10)18-4)14(16-3)13-9-19-6-5-17-13/h7-8,13-14,16-17H,5-6,9H2,1-4H3. The first kappa shape index (κ1) is 14.3. The lowest BCUT2D eigenvalue weighted by molar-refractivity contribution is 0.0645. The van der Waals surface area contributed by atoms with Crippen LogP contribution in [0, 0.1) is 13.8 Å². The second-order valence-corrected chi connectivity index (χ2v) is 5.09. The van der Waals surface area contributed by atoms with Crippen molar-refractivity contribution in [1.82, 2.24) is 10.6 Å². The van der Waals surface area contributed by atoms with Crippen LogP contribution >= 0.6 is 0 Å². The van der Waals surface area contributed by atoms with Crippen molar-refractivity contribution in [3.63, 3.8) is 0 Å². The largest absolute Gasteiger partial charge is 0.496 e. The van der Waals surface area contributed by atoms with Gasteiger partial charge in [0.1, 0.15) is 5.75 Å². The summed E-state index contributed by atoms with van der Waals surface area (Å²) in [5, 5.41) is 6.91. The van der Waals surface area contributed by atoms with E-state index in [9.17, 15) is 0 Å². The molecule has 1 aliphatic rings. The van der Waals surface area contributed by atoms with Gasteiger partial charge in [0.05, 0.1) is 26.4 Å². The molecule has 0 aliphatic carbocycles. The fourth-order valence-corrected chi connectivity index (χ4v) is 2.89. The highest BCUT2D eigenvalue weighted by Crippen LogP contribution is 2.28. The number of aryl methyl sites for hydroxylation is 2.